The van der Waals surface area contributed by atoms with E-state index in [0.717, 1.165) is 16.8 Å². The van der Waals surface area contributed by atoms with Crippen molar-refractivity contribution in [3.8, 4) is 17.0 Å². The first-order valence-electron chi connectivity index (χ1n) is 9.48. The summed E-state index contributed by atoms with van der Waals surface area (Å²) in [5, 5.41) is 4.32. The van der Waals surface area contributed by atoms with E-state index in [2.05, 4.69) is 5.10 Å². The minimum atomic E-state index is -0.757. The monoisotopic (exact) mass is 426 g/mol. The van der Waals surface area contributed by atoms with Crippen molar-refractivity contribution >= 4 is 12.0 Å². The summed E-state index contributed by atoms with van der Waals surface area (Å²) in [5.74, 6) is -1.52. The molecule has 0 unspecified atom stereocenters. The molecule has 0 saturated carbocycles. The predicted molar refractivity (Wildman–Crippen MR) is 112 cm³/mol. The summed E-state index contributed by atoms with van der Waals surface area (Å²) < 4.78 is 38.1. The molecule has 31 heavy (non-hydrogen) atoms. The highest BCUT2D eigenvalue weighted by Crippen LogP contribution is 2.21. The van der Waals surface area contributed by atoms with E-state index in [4.69, 9.17) is 9.47 Å². The van der Waals surface area contributed by atoms with Crippen LogP contribution in [-0.2, 0) is 11.3 Å². The van der Waals surface area contributed by atoms with E-state index < -0.39 is 23.2 Å². The van der Waals surface area contributed by atoms with Crippen molar-refractivity contribution in [2.45, 2.75) is 13.5 Å². The fourth-order valence-corrected chi connectivity index (χ4v) is 2.84. The molecule has 6 nitrogen and oxygen atoms in total. The molecule has 0 fully saturated rings. The Labute approximate surface area is 177 Å². The molecule has 0 saturated heterocycles. The standard InChI is InChI=1S/C23H20F2N2O4/c1-3-31-23(29)19-14-21(16-7-10-18(30-2)11-8-16)26-27(22(19)28)12-4-5-15-6-9-17(24)13-20(15)25/h4-11,13-14H,3,12H2,1-2H3. The van der Waals surface area contributed by atoms with Gasteiger partial charge in [-0.2, -0.15) is 5.10 Å². The Kier molecular flexibility index (Phi) is 6.92. The first kappa shape index (κ1) is 21.9. The molecule has 3 aromatic rings. The van der Waals surface area contributed by atoms with Gasteiger partial charge in [0, 0.05) is 17.2 Å². The first-order valence-corrected chi connectivity index (χ1v) is 9.48. The average molecular weight is 426 g/mol. The lowest BCUT2D eigenvalue weighted by Gasteiger charge is -2.10. The number of hydrogen-bond donors (Lipinski definition) is 0. The third-order valence-electron chi connectivity index (χ3n) is 4.39. The number of aromatic nitrogens is 2. The average Bonchev–Trinajstić information content (AvgIpc) is 2.76. The van der Waals surface area contributed by atoms with Crippen LogP contribution >= 0.6 is 0 Å². The number of ether oxygens (including phenoxy) is 2. The Balaban J connectivity index is 1.99. The maximum absolute atomic E-state index is 13.8. The molecule has 1 heterocycles. The van der Waals surface area contributed by atoms with E-state index in [1.54, 1.807) is 38.3 Å². The Bertz CT molecular complexity index is 1170. The number of hydrogen-bond acceptors (Lipinski definition) is 5. The van der Waals surface area contributed by atoms with Crippen molar-refractivity contribution in [2.24, 2.45) is 0 Å². The van der Waals surface area contributed by atoms with Gasteiger partial charge in [0.2, 0.25) is 0 Å². The van der Waals surface area contributed by atoms with Crippen molar-refractivity contribution in [1.82, 2.24) is 9.78 Å². The first-order chi connectivity index (χ1) is 14.9. The molecule has 1 aromatic heterocycles. The summed E-state index contributed by atoms with van der Waals surface area (Å²) in [6, 6.07) is 11.5. The topological polar surface area (TPSA) is 70.4 Å². The van der Waals surface area contributed by atoms with Crippen LogP contribution in [0.15, 0.2) is 59.4 Å². The molecule has 0 amide bonds. The number of rotatable bonds is 7. The lowest BCUT2D eigenvalue weighted by atomic mass is 10.1. The number of nitrogens with zero attached hydrogens (tertiary/aromatic N) is 2. The van der Waals surface area contributed by atoms with Gasteiger partial charge in [-0.1, -0.05) is 12.2 Å². The summed E-state index contributed by atoms with van der Waals surface area (Å²) in [4.78, 5) is 25.0. The van der Waals surface area contributed by atoms with E-state index in [1.807, 2.05) is 0 Å². The van der Waals surface area contributed by atoms with E-state index in [1.165, 1.54) is 24.3 Å². The minimum absolute atomic E-state index is 0.0357. The zero-order chi connectivity index (χ0) is 22.4. The molecule has 2 aromatic carbocycles. The quantitative estimate of drug-likeness (QED) is 0.533. The fourth-order valence-electron chi connectivity index (χ4n) is 2.84. The van der Waals surface area contributed by atoms with E-state index in [-0.39, 0.29) is 24.3 Å². The molecule has 0 aliphatic rings. The largest absolute Gasteiger partial charge is 0.497 e. The molecule has 0 atom stereocenters. The van der Waals surface area contributed by atoms with Crippen molar-refractivity contribution < 1.29 is 23.0 Å². The second kappa shape index (κ2) is 9.80. The number of esters is 1. The van der Waals surface area contributed by atoms with Gasteiger partial charge in [-0.05, 0) is 49.4 Å². The molecule has 0 radical (unpaired) electrons. The fraction of sp³-hybridized carbons (Fsp3) is 0.174. The van der Waals surface area contributed by atoms with E-state index in [0.29, 0.717) is 17.0 Å². The Hall–Kier alpha value is -3.81. The Morgan fingerprint density at radius 2 is 1.87 bits per heavy atom. The third kappa shape index (κ3) is 5.22. The molecular formula is C23H20F2N2O4. The predicted octanol–water partition coefficient (Wildman–Crippen LogP) is 4.09. The van der Waals surface area contributed by atoms with Gasteiger partial charge in [0.25, 0.3) is 5.56 Å². The number of methoxy groups -OCH3 is 1. The summed E-state index contributed by atoms with van der Waals surface area (Å²) in [6.45, 7) is 1.72. The van der Waals surface area contributed by atoms with Crippen LogP contribution in [0.5, 0.6) is 5.75 Å². The highest BCUT2D eigenvalue weighted by molar-refractivity contribution is 5.90. The molecular weight excluding hydrogens is 406 g/mol. The van der Waals surface area contributed by atoms with Crippen LogP contribution in [0.25, 0.3) is 17.3 Å². The van der Waals surface area contributed by atoms with E-state index in [9.17, 15) is 18.4 Å². The van der Waals surface area contributed by atoms with Crippen LogP contribution in [0.1, 0.15) is 22.8 Å². The van der Waals surface area contributed by atoms with Crippen LogP contribution in [0, 0.1) is 11.6 Å². The normalized spacial score (nSPS) is 11.0. The van der Waals surface area contributed by atoms with Crippen LogP contribution in [0.3, 0.4) is 0 Å². The molecule has 0 bridgehead atoms. The van der Waals surface area contributed by atoms with Gasteiger partial charge in [0.05, 0.1) is 26.0 Å². The number of carbonyl (C=O) groups excluding carboxylic acids is 1. The summed E-state index contributed by atoms with van der Waals surface area (Å²) >= 11 is 0. The van der Waals surface area contributed by atoms with Gasteiger partial charge in [-0.15, -0.1) is 0 Å². The molecule has 0 aliphatic carbocycles. The van der Waals surface area contributed by atoms with Crippen LogP contribution in [-0.4, -0.2) is 29.5 Å². The second-order valence-corrected chi connectivity index (χ2v) is 6.45. The highest BCUT2D eigenvalue weighted by Gasteiger charge is 2.17. The molecule has 8 heteroatoms. The molecule has 160 valence electrons. The van der Waals surface area contributed by atoms with Gasteiger partial charge in [0.15, 0.2) is 0 Å². The van der Waals surface area contributed by atoms with Crippen molar-refractivity contribution in [2.75, 3.05) is 13.7 Å². The van der Waals surface area contributed by atoms with Gasteiger partial charge >= 0.3 is 5.97 Å². The number of halogens is 2. The van der Waals surface area contributed by atoms with Gasteiger partial charge in [0.1, 0.15) is 22.9 Å². The SMILES string of the molecule is CCOC(=O)c1cc(-c2ccc(OC)cc2)nn(CC=Cc2ccc(F)cc2F)c1=O. The van der Waals surface area contributed by atoms with Crippen LogP contribution in [0.2, 0.25) is 0 Å². The van der Waals surface area contributed by atoms with Crippen molar-refractivity contribution in [1.29, 1.82) is 0 Å². The lowest BCUT2D eigenvalue weighted by Crippen LogP contribution is -2.29. The van der Waals surface area contributed by atoms with Gasteiger partial charge in [-0.25, -0.2) is 18.3 Å². The maximum Gasteiger partial charge on any atom is 0.343 e. The zero-order valence-electron chi connectivity index (χ0n) is 17.0. The molecule has 0 N–H and O–H groups in total. The number of carbonyl (C=O) groups is 1. The Morgan fingerprint density at radius 3 is 2.52 bits per heavy atom. The van der Waals surface area contributed by atoms with Gasteiger partial charge < -0.3 is 9.47 Å². The third-order valence-corrected chi connectivity index (χ3v) is 4.39. The number of benzene rings is 2. The van der Waals surface area contributed by atoms with E-state index >= 15 is 0 Å². The zero-order valence-corrected chi connectivity index (χ0v) is 17.0. The number of allylic oxidation sites excluding steroid dienone is 1. The summed E-state index contributed by atoms with van der Waals surface area (Å²) in [5.41, 5.74) is 0.399. The van der Waals surface area contributed by atoms with Crippen molar-refractivity contribution in [3.63, 3.8) is 0 Å². The summed E-state index contributed by atoms with van der Waals surface area (Å²) in [7, 11) is 1.54. The molecule has 3 rings (SSSR count). The van der Waals surface area contributed by atoms with Crippen LogP contribution in [0.4, 0.5) is 8.78 Å². The van der Waals surface area contributed by atoms with Crippen LogP contribution < -0.4 is 10.3 Å². The molecule has 0 spiro atoms. The maximum atomic E-state index is 13.8. The second-order valence-electron chi connectivity index (χ2n) is 6.45. The van der Waals surface area contributed by atoms with Gasteiger partial charge in [-0.3, -0.25) is 4.79 Å². The van der Waals surface area contributed by atoms with Crippen molar-refractivity contribution in [3.05, 3.63) is 87.7 Å². The minimum Gasteiger partial charge on any atom is -0.497 e. The summed E-state index contributed by atoms with van der Waals surface area (Å²) in [6.07, 6.45) is 2.91. The lowest BCUT2D eigenvalue weighted by molar-refractivity contribution is 0.0523. The Morgan fingerprint density at radius 1 is 1.13 bits per heavy atom. The molecule has 0 aliphatic heterocycles. The smallest absolute Gasteiger partial charge is 0.343 e. The highest BCUT2D eigenvalue weighted by atomic mass is 19.1.